The van der Waals surface area contributed by atoms with Crippen LogP contribution >= 0.6 is 0 Å². The largest absolute Gasteiger partial charge is 0.480 e. The van der Waals surface area contributed by atoms with Gasteiger partial charge >= 0.3 is 5.97 Å². The second-order valence-electron chi connectivity index (χ2n) is 8.10. The molecule has 1 aromatic heterocycles. The third kappa shape index (κ3) is 3.04. The molecule has 5 heteroatoms. The maximum Gasteiger partial charge on any atom is 0.326 e. The Morgan fingerprint density at radius 3 is 2.50 bits per heavy atom. The van der Waals surface area contributed by atoms with Crippen molar-refractivity contribution in [2.45, 2.75) is 70.4 Å². The van der Waals surface area contributed by atoms with Crippen LogP contribution in [0.1, 0.15) is 68.9 Å². The fraction of sp³-hybridized carbons (Fsp3) is 0.632. The molecule has 1 aliphatic carbocycles. The molecule has 5 nitrogen and oxygen atoms in total. The third-order valence-corrected chi connectivity index (χ3v) is 5.46. The Morgan fingerprint density at radius 2 is 1.92 bits per heavy atom. The zero-order chi connectivity index (χ0) is 17.5. The molecule has 0 spiro atoms. The zero-order valence-corrected chi connectivity index (χ0v) is 14.7. The van der Waals surface area contributed by atoms with Crippen molar-refractivity contribution in [2.75, 3.05) is 0 Å². The fourth-order valence-electron chi connectivity index (χ4n) is 4.07. The number of fused-ring (bicyclic) bond motifs is 1. The lowest BCUT2D eigenvalue weighted by atomic mass is 9.84. The topological polar surface area (TPSA) is 70.5 Å². The molecule has 1 saturated carbocycles. The Kier molecular flexibility index (Phi) is 4.37. The van der Waals surface area contributed by atoms with Gasteiger partial charge in [0.1, 0.15) is 11.7 Å². The van der Waals surface area contributed by atoms with E-state index in [1.807, 2.05) is 6.07 Å². The molecule has 0 bridgehead atoms. The van der Waals surface area contributed by atoms with Crippen LogP contribution in [0.3, 0.4) is 0 Å². The number of rotatable bonds is 2. The Morgan fingerprint density at radius 1 is 1.21 bits per heavy atom. The Labute approximate surface area is 143 Å². The number of hydrogen-bond acceptors (Lipinski definition) is 3. The first-order valence-electron chi connectivity index (χ1n) is 8.81. The average Bonchev–Trinajstić information content (AvgIpc) is 2.93. The lowest BCUT2D eigenvalue weighted by Gasteiger charge is -2.32. The molecule has 3 unspecified atom stereocenters. The summed E-state index contributed by atoms with van der Waals surface area (Å²) >= 11 is 0. The molecule has 24 heavy (non-hydrogen) atoms. The number of carbonyl (C=O) groups excluding carboxylic acids is 1. The zero-order valence-electron chi connectivity index (χ0n) is 14.7. The van der Waals surface area contributed by atoms with E-state index in [0.717, 1.165) is 31.2 Å². The molecular formula is C19H26N2O3. The summed E-state index contributed by atoms with van der Waals surface area (Å²) in [6.45, 7) is 6.29. The number of aromatic nitrogens is 1. The van der Waals surface area contributed by atoms with Crippen molar-refractivity contribution in [3.63, 3.8) is 0 Å². The molecule has 0 aromatic carbocycles. The van der Waals surface area contributed by atoms with Crippen LogP contribution in [0.2, 0.25) is 0 Å². The summed E-state index contributed by atoms with van der Waals surface area (Å²) in [6, 6.07) is 2.99. The van der Waals surface area contributed by atoms with Gasteiger partial charge in [-0.1, -0.05) is 39.7 Å². The number of carboxylic acid groups (broad SMARTS) is 1. The number of hydrogen-bond donors (Lipinski definition) is 1. The Balaban J connectivity index is 1.87. The maximum atomic E-state index is 13.0. The van der Waals surface area contributed by atoms with Gasteiger partial charge in [0, 0.05) is 12.2 Å². The van der Waals surface area contributed by atoms with Crippen molar-refractivity contribution in [1.29, 1.82) is 0 Å². The SMILES string of the molecule is CC(C)(C)c1ccc(C(=O)N2C(C(=O)O)CC3CCCCC32)nc1. The first-order valence-corrected chi connectivity index (χ1v) is 8.81. The van der Waals surface area contributed by atoms with Crippen LogP contribution in [0.4, 0.5) is 0 Å². The number of likely N-dealkylation sites (tertiary alicyclic amines) is 1. The maximum absolute atomic E-state index is 13.0. The highest BCUT2D eigenvalue weighted by molar-refractivity contribution is 5.95. The van der Waals surface area contributed by atoms with Gasteiger partial charge in [0.05, 0.1) is 0 Å². The minimum atomic E-state index is -0.899. The van der Waals surface area contributed by atoms with E-state index in [-0.39, 0.29) is 17.4 Å². The molecule has 1 amide bonds. The normalized spacial score (nSPS) is 27.0. The molecule has 2 fully saturated rings. The summed E-state index contributed by atoms with van der Waals surface area (Å²) in [6.07, 6.45) is 6.43. The average molecular weight is 330 g/mol. The molecular weight excluding hydrogens is 304 g/mol. The molecule has 1 saturated heterocycles. The van der Waals surface area contributed by atoms with Gasteiger partial charge in [-0.3, -0.25) is 9.78 Å². The monoisotopic (exact) mass is 330 g/mol. The van der Waals surface area contributed by atoms with Gasteiger partial charge in [0.15, 0.2) is 0 Å². The molecule has 1 aliphatic heterocycles. The number of pyridine rings is 1. The molecule has 1 aromatic rings. The lowest BCUT2D eigenvalue weighted by molar-refractivity contribution is -0.141. The van der Waals surface area contributed by atoms with E-state index in [0.29, 0.717) is 18.0 Å². The highest BCUT2D eigenvalue weighted by Crippen LogP contribution is 2.40. The summed E-state index contributed by atoms with van der Waals surface area (Å²) in [5.41, 5.74) is 1.38. The number of carbonyl (C=O) groups is 2. The molecule has 2 aliphatic rings. The van der Waals surface area contributed by atoms with Crippen molar-refractivity contribution in [3.8, 4) is 0 Å². The summed E-state index contributed by atoms with van der Waals surface area (Å²) in [7, 11) is 0. The lowest BCUT2D eigenvalue weighted by Crippen LogP contribution is -2.46. The Bertz CT molecular complexity index is 633. The van der Waals surface area contributed by atoms with E-state index in [4.69, 9.17) is 0 Å². The van der Waals surface area contributed by atoms with Crippen LogP contribution in [0.5, 0.6) is 0 Å². The Hall–Kier alpha value is -1.91. The van der Waals surface area contributed by atoms with Crippen molar-refractivity contribution >= 4 is 11.9 Å². The van der Waals surface area contributed by atoms with Gasteiger partial charge in [0.25, 0.3) is 5.91 Å². The first-order chi connectivity index (χ1) is 11.3. The standard InChI is InChI=1S/C19H26N2O3/c1-19(2,3)13-8-9-14(20-11-13)17(22)21-15-7-5-4-6-12(15)10-16(21)18(23)24/h8-9,11-12,15-16H,4-7,10H2,1-3H3,(H,23,24). The molecule has 2 heterocycles. The second kappa shape index (κ2) is 6.19. The van der Waals surface area contributed by atoms with Crippen LogP contribution in [0.15, 0.2) is 18.3 Å². The fourth-order valence-corrected chi connectivity index (χ4v) is 4.07. The van der Waals surface area contributed by atoms with E-state index in [1.165, 1.54) is 0 Å². The molecule has 130 valence electrons. The predicted molar refractivity (Wildman–Crippen MR) is 90.9 cm³/mol. The quantitative estimate of drug-likeness (QED) is 0.904. The van der Waals surface area contributed by atoms with E-state index in [9.17, 15) is 14.7 Å². The number of aliphatic carboxylic acids is 1. The van der Waals surface area contributed by atoms with E-state index < -0.39 is 12.0 Å². The van der Waals surface area contributed by atoms with Crippen LogP contribution in [0, 0.1) is 5.92 Å². The highest BCUT2D eigenvalue weighted by Gasteiger charge is 2.47. The minimum Gasteiger partial charge on any atom is -0.480 e. The van der Waals surface area contributed by atoms with Gasteiger partial charge < -0.3 is 10.0 Å². The van der Waals surface area contributed by atoms with Crippen molar-refractivity contribution in [2.24, 2.45) is 5.92 Å². The second-order valence-corrected chi connectivity index (χ2v) is 8.10. The van der Waals surface area contributed by atoms with Crippen molar-refractivity contribution in [1.82, 2.24) is 9.88 Å². The van der Waals surface area contributed by atoms with E-state index in [1.54, 1.807) is 17.2 Å². The van der Waals surface area contributed by atoms with Crippen LogP contribution in [-0.4, -0.2) is 39.0 Å². The van der Waals surface area contributed by atoms with Crippen molar-refractivity contribution in [3.05, 3.63) is 29.6 Å². The third-order valence-electron chi connectivity index (χ3n) is 5.46. The van der Waals surface area contributed by atoms with E-state index in [2.05, 4.69) is 25.8 Å². The predicted octanol–water partition coefficient (Wildman–Crippen LogP) is 3.24. The van der Waals surface area contributed by atoms with Crippen LogP contribution < -0.4 is 0 Å². The van der Waals surface area contributed by atoms with E-state index >= 15 is 0 Å². The summed E-state index contributed by atoms with van der Waals surface area (Å²) in [4.78, 5) is 30.6. The van der Waals surface area contributed by atoms with Crippen LogP contribution in [0.25, 0.3) is 0 Å². The van der Waals surface area contributed by atoms with Crippen LogP contribution in [-0.2, 0) is 10.2 Å². The van der Waals surface area contributed by atoms with Gasteiger partial charge in [-0.25, -0.2) is 4.79 Å². The molecule has 1 N–H and O–H groups in total. The van der Waals surface area contributed by atoms with Gasteiger partial charge in [-0.15, -0.1) is 0 Å². The highest BCUT2D eigenvalue weighted by atomic mass is 16.4. The van der Waals surface area contributed by atoms with Gasteiger partial charge in [-0.05, 0) is 42.2 Å². The number of nitrogens with zero attached hydrogens (tertiary/aromatic N) is 2. The molecule has 3 atom stereocenters. The number of amides is 1. The summed E-state index contributed by atoms with van der Waals surface area (Å²) in [5.74, 6) is -0.820. The van der Waals surface area contributed by atoms with Crippen molar-refractivity contribution < 1.29 is 14.7 Å². The van der Waals surface area contributed by atoms with Gasteiger partial charge in [0.2, 0.25) is 0 Å². The molecule has 0 radical (unpaired) electrons. The first kappa shape index (κ1) is 16.9. The summed E-state index contributed by atoms with van der Waals surface area (Å²) < 4.78 is 0. The summed E-state index contributed by atoms with van der Waals surface area (Å²) in [5, 5.41) is 9.56. The number of carboxylic acids is 1. The minimum absolute atomic E-state index is 0.0275. The smallest absolute Gasteiger partial charge is 0.326 e. The van der Waals surface area contributed by atoms with Gasteiger partial charge in [-0.2, -0.15) is 0 Å². The molecule has 3 rings (SSSR count).